The molecule has 2 aromatic rings. The SMILES string of the molecule is COc1ccc(CCNC(=O)CN(C)c2ccccc2)cc1OC. The summed E-state index contributed by atoms with van der Waals surface area (Å²) in [6.45, 7) is 0.910. The highest BCUT2D eigenvalue weighted by Crippen LogP contribution is 2.27. The number of carbonyl (C=O) groups excluding carboxylic acids is 1. The normalized spacial score (nSPS) is 10.1. The summed E-state index contributed by atoms with van der Waals surface area (Å²) < 4.78 is 10.5. The van der Waals surface area contributed by atoms with E-state index in [2.05, 4.69) is 5.32 Å². The Labute approximate surface area is 143 Å². The Balaban J connectivity index is 1.80. The number of nitrogens with zero attached hydrogens (tertiary/aromatic N) is 1. The molecule has 128 valence electrons. The van der Waals surface area contributed by atoms with Gasteiger partial charge in [-0.2, -0.15) is 0 Å². The Morgan fingerprint density at radius 3 is 2.42 bits per heavy atom. The van der Waals surface area contributed by atoms with Crippen molar-refractivity contribution in [2.45, 2.75) is 6.42 Å². The number of rotatable bonds is 8. The second-order valence-corrected chi connectivity index (χ2v) is 5.48. The number of nitrogens with one attached hydrogen (secondary N) is 1. The van der Waals surface area contributed by atoms with Gasteiger partial charge in [0, 0.05) is 19.3 Å². The zero-order valence-electron chi connectivity index (χ0n) is 14.4. The molecule has 5 nitrogen and oxygen atoms in total. The predicted molar refractivity (Wildman–Crippen MR) is 96.0 cm³/mol. The number of benzene rings is 2. The predicted octanol–water partition coefficient (Wildman–Crippen LogP) is 2.50. The van der Waals surface area contributed by atoms with Crippen molar-refractivity contribution in [2.24, 2.45) is 0 Å². The molecule has 0 aliphatic carbocycles. The van der Waals surface area contributed by atoms with Gasteiger partial charge in [0.15, 0.2) is 11.5 Å². The van der Waals surface area contributed by atoms with E-state index in [0.29, 0.717) is 24.6 Å². The molecule has 0 saturated heterocycles. The van der Waals surface area contributed by atoms with Crippen LogP contribution in [0.25, 0.3) is 0 Å². The van der Waals surface area contributed by atoms with Gasteiger partial charge >= 0.3 is 0 Å². The molecule has 0 atom stereocenters. The van der Waals surface area contributed by atoms with Gasteiger partial charge < -0.3 is 19.7 Å². The minimum atomic E-state index is 0.00169. The topological polar surface area (TPSA) is 50.8 Å². The molecule has 0 fully saturated rings. The molecular weight excluding hydrogens is 304 g/mol. The van der Waals surface area contributed by atoms with Crippen molar-refractivity contribution >= 4 is 11.6 Å². The highest BCUT2D eigenvalue weighted by Gasteiger charge is 2.08. The summed E-state index contributed by atoms with van der Waals surface area (Å²) in [7, 11) is 5.13. The van der Waals surface area contributed by atoms with Crippen molar-refractivity contribution in [3.05, 3.63) is 54.1 Å². The van der Waals surface area contributed by atoms with Crippen LogP contribution < -0.4 is 19.7 Å². The first kappa shape index (κ1) is 17.7. The molecule has 0 aromatic heterocycles. The van der Waals surface area contributed by atoms with Crippen LogP contribution in [0, 0.1) is 0 Å². The molecule has 1 amide bonds. The molecule has 0 unspecified atom stereocenters. The molecule has 2 rings (SSSR count). The second kappa shape index (κ2) is 8.82. The van der Waals surface area contributed by atoms with Crippen molar-refractivity contribution in [2.75, 3.05) is 39.3 Å². The van der Waals surface area contributed by atoms with E-state index in [1.165, 1.54) is 0 Å². The molecule has 24 heavy (non-hydrogen) atoms. The fourth-order valence-corrected chi connectivity index (χ4v) is 2.43. The third-order valence-corrected chi connectivity index (χ3v) is 3.76. The van der Waals surface area contributed by atoms with Crippen LogP contribution in [0.15, 0.2) is 48.5 Å². The minimum Gasteiger partial charge on any atom is -0.493 e. The van der Waals surface area contributed by atoms with Gasteiger partial charge in [-0.1, -0.05) is 24.3 Å². The van der Waals surface area contributed by atoms with E-state index < -0.39 is 0 Å². The number of para-hydroxylation sites is 1. The molecule has 0 saturated carbocycles. The summed E-state index contributed by atoms with van der Waals surface area (Å²) in [6, 6.07) is 15.6. The summed E-state index contributed by atoms with van der Waals surface area (Å²) in [6.07, 6.45) is 0.737. The van der Waals surface area contributed by atoms with Crippen LogP contribution in [0.1, 0.15) is 5.56 Å². The quantitative estimate of drug-likeness (QED) is 0.809. The Morgan fingerprint density at radius 1 is 1.04 bits per heavy atom. The van der Waals surface area contributed by atoms with Gasteiger partial charge in [-0.05, 0) is 36.2 Å². The maximum Gasteiger partial charge on any atom is 0.239 e. The van der Waals surface area contributed by atoms with Crippen molar-refractivity contribution < 1.29 is 14.3 Å². The third-order valence-electron chi connectivity index (χ3n) is 3.76. The first-order chi connectivity index (χ1) is 11.6. The van der Waals surface area contributed by atoms with Crippen LogP contribution in [0.5, 0.6) is 11.5 Å². The monoisotopic (exact) mass is 328 g/mol. The van der Waals surface area contributed by atoms with Crippen LogP contribution >= 0.6 is 0 Å². The molecule has 2 aromatic carbocycles. The zero-order valence-corrected chi connectivity index (χ0v) is 14.4. The van der Waals surface area contributed by atoms with E-state index in [1.54, 1.807) is 14.2 Å². The lowest BCUT2D eigenvalue weighted by atomic mass is 10.1. The van der Waals surface area contributed by atoms with Crippen LogP contribution in [-0.4, -0.2) is 40.3 Å². The van der Waals surface area contributed by atoms with Gasteiger partial charge in [0.1, 0.15) is 0 Å². The van der Waals surface area contributed by atoms with E-state index in [1.807, 2.05) is 60.5 Å². The maximum atomic E-state index is 12.0. The molecule has 0 bridgehead atoms. The average molecular weight is 328 g/mol. The van der Waals surface area contributed by atoms with Gasteiger partial charge in [0.05, 0.1) is 20.8 Å². The van der Waals surface area contributed by atoms with E-state index in [0.717, 1.165) is 17.7 Å². The Kier molecular flexibility index (Phi) is 6.49. The van der Waals surface area contributed by atoms with Crippen LogP contribution in [0.2, 0.25) is 0 Å². The molecule has 0 spiro atoms. The number of hydrogen-bond donors (Lipinski definition) is 1. The third kappa shape index (κ3) is 4.91. The standard InChI is InChI=1S/C19H24N2O3/c1-21(16-7-5-4-6-8-16)14-19(22)20-12-11-15-9-10-17(23-2)18(13-15)24-3/h4-10,13H,11-12,14H2,1-3H3,(H,20,22). The summed E-state index contributed by atoms with van der Waals surface area (Å²) >= 11 is 0. The van der Waals surface area contributed by atoms with Gasteiger partial charge in [-0.15, -0.1) is 0 Å². The van der Waals surface area contributed by atoms with Crippen LogP contribution in [0.4, 0.5) is 5.69 Å². The van der Waals surface area contributed by atoms with E-state index in [-0.39, 0.29) is 5.91 Å². The van der Waals surface area contributed by atoms with Crippen LogP contribution in [-0.2, 0) is 11.2 Å². The number of hydrogen-bond acceptors (Lipinski definition) is 4. The number of anilines is 1. The number of likely N-dealkylation sites (N-methyl/N-ethyl adjacent to an activating group) is 1. The largest absolute Gasteiger partial charge is 0.493 e. The van der Waals surface area contributed by atoms with E-state index in [4.69, 9.17) is 9.47 Å². The van der Waals surface area contributed by atoms with E-state index >= 15 is 0 Å². The molecule has 1 N–H and O–H groups in total. The van der Waals surface area contributed by atoms with E-state index in [9.17, 15) is 4.79 Å². The second-order valence-electron chi connectivity index (χ2n) is 5.48. The minimum absolute atomic E-state index is 0.00169. The Bertz CT molecular complexity index is 659. The lowest BCUT2D eigenvalue weighted by molar-refractivity contribution is -0.119. The Hall–Kier alpha value is -2.69. The molecule has 0 aliphatic heterocycles. The van der Waals surface area contributed by atoms with Gasteiger partial charge in [-0.25, -0.2) is 0 Å². The highest BCUT2D eigenvalue weighted by atomic mass is 16.5. The molecule has 0 radical (unpaired) electrons. The van der Waals surface area contributed by atoms with Crippen molar-refractivity contribution in [3.63, 3.8) is 0 Å². The summed E-state index contributed by atoms with van der Waals surface area (Å²) in [5.74, 6) is 1.40. The fraction of sp³-hybridized carbons (Fsp3) is 0.316. The average Bonchev–Trinajstić information content (AvgIpc) is 2.62. The zero-order chi connectivity index (χ0) is 17.4. The Morgan fingerprint density at radius 2 is 1.75 bits per heavy atom. The van der Waals surface area contributed by atoms with Gasteiger partial charge in [0.2, 0.25) is 5.91 Å². The number of methoxy groups -OCH3 is 2. The lowest BCUT2D eigenvalue weighted by Crippen LogP contribution is -2.36. The fourth-order valence-electron chi connectivity index (χ4n) is 2.43. The summed E-state index contributed by atoms with van der Waals surface area (Å²) in [5, 5.41) is 2.95. The van der Waals surface area contributed by atoms with Crippen molar-refractivity contribution in [1.29, 1.82) is 0 Å². The molecule has 0 heterocycles. The number of carbonyl (C=O) groups is 1. The molecule has 0 aliphatic rings. The number of amides is 1. The van der Waals surface area contributed by atoms with Gasteiger partial charge in [0.25, 0.3) is 0 Å². The highest BCUT2D eigenvalue weighted by molar-refractivity contribution is 5.81. The molecule has 5 heteroatoms. The van der Waals surface area contributed by atoms with Crippen molar-refractivity contribution in [1.82, 2.24) is 5.32 Å². The van der Waals surface area contributed by atoms with Gasteiger partial charge in [-0.3, -0.25) is 4.79 Å². The van der Waals surface area contributed by atoms with Crippen molar-refractivity contribution in [3.8, 4) is 11.5 Å². The first-order valence-electron chi connectivity index (χ1n) is 7.88. The van der Waals surface area contributed by atoms with Crippen LogP contribution in [0.3, 0.4) is 0 Å². The first-order valence-corrected chi connectivity index (χ1v) is 7.88. The lowest BCUT2D eigenvalue weighted by Gasteiger charge is -2.18. The molecular formula is C19H24N2O3. The smallest absolute Gasteiger partial charge is 0.239 e. The summed E-state index contributed by atoms with van der Waals surface area (Å²) in [4.78, 5) is 14.0. The maximum absolute atomic E-state index is 12.0. The number of ether oxygens (including phenoxy) is 2. The summed E-state index contributed by atoms with van der Waals surface area (Å²) in [5.41, 5.74) is 2.11.